The number of hydrogen-bond acceptors (Lipinski definition) is 6. The lowest BCUT2D eigenvalue weighted by molar-refractivity contribution is -0.167. The fourth-order valence-corrected chi connectivity index (χ4v) is 7.64. The highest BCUT2D eigenvalue weighted by molar-refractivity contribution is 5.71. The molecule has 0 saturated carbocycles. The lowest BCUT2D eigenvalue weighted by Crippen LogP contribution is -2.30. The zero-order valence-electron chi connectivity index (χ0n) is 39.0. The minimum absolute atomic E-state index is 0.0641. The second kappa shape index (κ2) is 44.0. The molecule has 1 atom stereocenters. The number of esters is 3. The summed E-state index contributed by atoms with van der Waals surface area (Å²) in [6, 6.07) is 0. The highest BCUT2D eigenvalue weighted by Gasteiger charge is 2.19. The number of unbranched alkanes of at least 4 members (excludes halogenated alkanes) is 30. The molecule has 0 aliphatic carbocycles. The number of carbonyl (C=O) groups excluding carboxylic acids is 3. The molecule has 0 aromatic heterocycles. The molecule has 0 bridgehead atoms. The van der Waals surface area contributed by atoms with E-state index in [1.165, 1.54) is 167 Å². The Morgan fingerprint density at radius 2 is 0.579 bits per heavy atom. The van der Waals surface area contributed by atoms with Gasteiger partial charge in [-0.3, -0.25) is 14.4 Å². The fraction of sp³-hybridized carbons (Fsp3) is 0.941. The molecule has 0 N–H and O–H groups in total. The van der Waals surface area contributed by atoms with Gasteiger partial charge < -0.3 is 14.2 Å². The molecule has 0 aliphatic rings. The van der Waals surface area contributed by atoms with E-state index < -0.39 is 6.10 Å². The maximum absolute atomic E-state index is 12.8. The van der Waals surface area contributed by atoms with Crippen LogP contribution in [0.4, 0.5) is 0 Å². The molecular formula is C51H98O6. The van der Waals surface area contributed by atoms with E-state index in [-0.39, 0.29) is 31.1 Å². The van der Waals surface area contributed by atoms with Gasteiger partial charge in [-0.25, -0.2) is 0 Å². The van der Waals surface area contributed by atoms with Gasteiger partial charge in [0.15, 0.2) is 6.10 Å². The average Bonchev–Trinajstić information content (AvgIpc) is 3.18. The van der Waals surface area contributed by atoms with Crippen molar-refractivity contribution in [2.45, 2.75) is 285 Å². The summed E-state index contributed by atoms with van der Waals surface area (Å²) in [5, 5.41) is 0. The van der Waals surface area contributed by atoms with E-state index in [0.717, 1.165) is 69.6 Å². The molecule has 57 heavy (non-hydrogen) atoms. The van der Waals surface area contributed by atoms with Crippen molar-refractivity contribution in [1.82, 2.24) is 0 Å². The van der Waals surface area contributed by atoms with Gasteiger partial charge in [-0.2, -0.15) is 0 Å². The Balaban J connectivity index is 4.32. The molecule has 0 aromatic rings. The summed E-state index contributed by atoms with van der Waals surface area (Å²) in [5.41, 5.74) is 0. The first kappa shape index (κ1) is 55.4. The van der Waals surface area contributed by atoms with Crippen molar-refractivity contribution < 1.29 is 28.6 Å². The molecule has 0 amide bonds. The molecule has 6 nitrogen and oxygen atoms in total. The van der Waals surface area contributed by atoms with Crippen LogP contribution in [-0.2, 0) is 28.6 Å². The predicted octanol–water partition coefficient (Wildman–Crippen LogP) is 16.1. The van der Waals surface area contributed by atoms with Crippen LogP contribution in [0.1, 0.15) is 279 Å². The second-order valence-corrected chi connectivity index (χ2v) is 18.4. The third kappa shape index (κ3) is 45.3. The monoisotopic (exact) mass is 807 g/mol. The van der Waals surface area contributed by atoms with Gasteiger partial charge in [-0.15, -0.1) is 0 Å². The smallest absolute Gasteiger partial charge is 0.306 e. The van der Waals surface area contributed by atoms with Crippen molar-refractivity contribution >= 4 is 17.9 Å². The van der Waals surface area contributed by atoms with Crippen LogP contribution >= 0.6 is 0 Å². The summed E-state index contributed by atoms with van der Waals surface area (Å²) in [4.78, 5) is 37.9. The Morgan fingerprint density at radius 3 is 0.860 bits per heavy atom. The summed E-state index contributed by atoms with van der Waals surface area (Å²) in [6.07, 6.45) is 43.7. The molecular weight excluding hydrogens is 709 g/mol. The van der Waals surface area contributed by atoms with Crippen molar-refractivity contribution in [3.05, 3.63) is 0 Å². The minimum Gasteiger partial charge on any atom is -0.462 e. The molecule has 0 aliphatic heterocycles. The van der Waals surface area contributed by atoms with Crippen molar-refractivity contribution in [1.29, 1.82) is 0 Å². The summed E-state index contributed by atoms with van der Waals surface area (Å²) in [7, 11) is 0. The average molecular weight is 807 g/mol. The van der Waals surface area contributed by atoms with Gasteiger partial charge in [-0.1, -0.05) is 240 Å². The number of rotatable bonds is 45. The Morgan fingerprint density at radius 1 is 0.333 bits per heavy atom. The summed E-state index contributed by atoms with van der Waals surface area (Å²) in [5.74, 6) is 0.773. The van der Waals surface area contributed by atoms with Crippen molar-refractivity contribution in [3.8, 4) is 0 Å². The van der Waals surface area contributed by atoms with Crippen LogP contribution in [0.15, 0.2) is 0 Å². The Labute approximate surface area is 355 Å². The Bertz CT molecular complexity index is 870. The molecule has 0 fully saturated rings. The highest BCUT2D eigenvalue weighted by atomic mass is 16.6. The Kier molecular flexibility index (Phi) is 42.7. The quantitative estimate of drug-likeness (QED) is 0.0346. The van der Waals surface area contributed by atoms with Gasteiger partial charge in [0.05, 0.1) is 0 Å². The highest BCUT2D eigenvalue weighted by Crippen LogP contribution is 2.17. The molecule has 0 heterocycles. The van der Waals surface area contributed by atoms with E-state index in [1.807, 2.05) is 0 Å². The first-order valence-corrected chi connectivity index (χ1v) is 25.2. The lowest BCUT2D eigenvalue weighted by Gasteiger charge is -2.18. The lowest BCUT2D eigenvalue weighted by atomic mass is 10.0. The first-order valence-electron chi connectivity index (χ1n) is 25.2. The summed E-state index contributed by atoms with van der Waals surface area (Å²) < 4.78 is 16.8. The molecule has 0 rings (SSSR count). The van der Waals surface area contributed by atoms with Crippen molar-refractivity contribution in [2.24, 2.45) is 11.8 Å². The number of ether oxygens (including phenoxy) is 3. The molecule has 0 saturated heterocycles. The number of carbonyl (C=O) groups is 3. The largest absolute Gasteiger partial charge is 0.462 e. The zero-order chi connectivity index (χ0) is 41.9. The zero-order valence-corrected chi connectivity index (χ0v) is 39.0. The van der Waals surface area contributed by atoms with E-state index >= 15 is 0 Å². The van der Waals surface area contributed by atoms with Crippen LogP contribution in [0.3, 0.4) is 0 Å². The normalized spacial score (nSPS) is 12.1. The van der Waals surface area contributed by atoms with Gasteiger partial charge in [0.2, 0.25) is 0 Å². The van der Waals surface area contributed by atoms with E-state index in [4.69, 9.17) is 14.2 Å². The first-order chi connectivity index (χ1) is 27.7. The van der Waals surface area contributed by atoms with Crippen LogP contribution in [0.25, 0.3) is 0 Å². The summed E-state index contributed by atoms with van der Waals surface area (Å²) in [6.45, 7) is 11.3. The van der Waals surface area contributed by atoms with Gasteiger partial charge in [-0.05, 0) is 31.1 Å². The molecule has 0 radical (unpaired) electrons. The van der Waals surface area contributed by atoms with Crippen LogP contribution < -0.4 is 0 Å². The number of hydrogen-bond donors (Lipinski definition) is 0. The van der Waals surface area contributed by atoms with Crippen molar-refractivity contribution in [3.63, 3.8) is 0 Å². The minimum atomic E-state index is -0.761. The van der Waals surface area contributed by atoms with E-state index in [1.54, 1.807) is 0 Å². The standard InChI is InChI=1S/C51H98O6/c1-6-7-8-9-10-11-12-13-14-15-21-26-31-36-41-49(52)55-44-48(57-51(54)43-38-33-28-23-18-20-25-30-35-40-47(4)5)45-56-50(53)42-37-32-27-22-17-16-19-24-29-34-39-46(2)3/h46-48H,6-45H2,1-5H3/t48-/m1/s1. The SMILES string of the molecule is CCCCCCCCCCCCCCCCC(=O)OC[C@H](COC(=O)CCCCCCCCCCCCC(C)C)OC(=O)CCCCCCCCCCCC(C)C. The van der Waals surface area contributed by atoms with Gasteiger partial charge >= 0.3 is 17.9 Å². The van der Waals surface area contributed by atoms with E-state index in [0.29, 0.717) is 19.3 Å². The molecule has 0 spiro atoms. The molecule has 6 heteroatoms. The van der Waals surface area contributed by atoms with Gasteiger partial charge in [0.1, 0.15) is 13.2 Å². The topological polar surface area (TPSA) is 78.9 Å². The van der Waals surface area contributed by atoms with Crippen LogP contribution in [0.2, 0.25) is 0 Å². The third-order valence-corrected chi connectivity index (χ3v) is 11.5. The van der Waals surface area contributed by atoms with Gasteiger partial charge in [0, 0.05) is 19.3 Å². The van der Waals surface area contributed by atoms with Gasteiger partial charge in [0.25, 0.3) is 0 Å². The van der Waals surface area contributed by atoms with Crippen LogP contribution in [0, 0.1) is 11.8 Å². The molecule has 0 aromatic carbocycles. The fourth-order valence-electron chi connectivity index (χ4n) is 7.64. The van der Waals surface area contributed by atoms with E-state index in [2.05, 4.69) is 34.6 Å². The third-order valence-electron chi connectivity index (χ3n) is 11.5. The predicted molar refractivity (Wildman–Crippen MR) is 243 cm³/mol. The van der Waals surface area contributed by atoms with E-state index in [9.17, 15) is 14.4 Å². The van der Waals surface area contributed by atoms with Crippen LogP contribution in [0.5, 0.6) is 0 Å². The molecule has 338 valence electrons. The summed E-state index contributed by atoms with van der Waals surface area (Å²) >= 11 is 0. The second-order valence-electron chi connectivity index (χ2n) is 18.4. The van der Waals surface area contributed by atoms with Crippen molar-refractivity contribution in [2.75, 3.05) is 13.2 Å². The maximum atomic E-state index is 12.8. The Hall–Kier alpha value is -1.59. The van der Waals surface area contributed by atoms with Crippen LogP contribution in [-0.4, -0.2) is 37.2 Å². The molecule has 0 unspecified atom stereocenters. The maximum Gasteiger partial charge on any atom is 0.306 e.